The Hall–Kier alpha value is -1.49. The van der Waals surface area contributed by atoms with Crippen molar-refractivity contribution in [3.05, 3.63) is 24.3 Å². The summed E-state index contributed by atoms with van der Waals surface area (Å²) in [7, 11) is 0. The maximum atomic E-state index is 12.0. The molecule has 2 rings (SSSR count). The number of rotatable bonds is 4. The van der Waals surface area contributed by atoms with Crippen LogP contribution in [-0.2, 0) is 11.3 Å². The number of amides is 1. The summed E-state index contributed by atoms with van der Waals surface area (Å²) in [4.78, 5) is 21.9. The molecule has 1 atom stereocenters. The Kier molecular flexibility index (Phi) is 4.03. The molecule has 5 nitrogen and oxygen atoms in total. The van der Waals surface area contributed by atoms with Crippen LogP contribution in [0.2, 0.25) is 0 Å². The lowest BCUT2D eigenvalue weighted by atomic mass is 10.2. The SMILES string of the molecule is CC(NCc1ccncn1)C(=O)N1CCCC1. The Labute approximate surface area is 101 Å². The van der Waals surface area contributed by atoms with Gasteiger partial charge in [0.05, 0.1) is 11.7 Å². The van der Waals surface area contributed by atoms with Crippen LogP contribution in [0.3, 0.4) is 0 Å². The third kappa shape index (κ3) is 3.23. The van der Waals surface area contributed by atoms with Gasteiger partial charge in [-0.1, -0.05) is 0 Å². The molecule has 5 heteroatoms. The predicted molar refractivity (Wildman–Crippen MR) is 64.1 cm³/mol. The van der Waals surface area contributed by atoms with E-state index in [2.05, 4.69) is 15.3 Å². The van der Waals surface area contributed by atoms with Crippen LogP contribution in [0, 0.1) is 0 Å². The van der Waals surface area contributed by atoms with Crippen LogP contribution in [0.1, 0.15) is 25.5 Å². The van der Waals surface area contributed by atoms with Crippen molar-refractivity contribution in [2.24, 2.45) is 0 Å². The first-order valence-electron chi connectivity index (χ1n) is 6.04. The van der Waals surface area contributed by atoms with Crippen molar-refractivity contribution in [2.75, 3.05) is 13.1 Å². The van der Waals surface area contributed by atoms with Gasteiger partial charge in [-0.15, -0.1) is 0 Å². The Morgan fingerprint density at radius 1 is 1.53 bits per heavy atom. The monoisotopic (exact) mass is 234 g/mol. The molecule has 0 saturated carbocycles. The highest BCUT2D eigenvalue weighted by atomic mass is 16.2. The normalized spacial score (nSPS) is 17.1. The summed E-state index contributed by atoms with van der Waals surface area (Å²) in [6, 6.07) is 1.70. The first-order chi connectivity index (χ1) is 8.27. The van der Waals surface area contributed by atoms with Gasteiger partial charge in [0, 0.05) is 25.8 Å². The fourth-order valence-corrected chi connectivity index (χ4v) is 1.98. The summed E-state index contributed by atoms with van der Waals surface area (Å²) >= 11 is 0. The fourth-order valence-electron chi connectivity index (χ4n) is 1.98. The van der Waals surface area contributed by atoms with E-state index in [0.29, 0.717) is 6.54 Å². The van der Waals surface area contributed by atoms with E-state index in [1.54, 1.807) is 6.20 Å². The quantitative estimate of drug-likeness (QED) is 0.828. The zero-order chi connectivity index (χ0) is 12.1. The van der Waals surface area contributed by atoms with Gasteiger partial charge in [0.1, 0.15) is 6.33 Å². The Balaban J connectivity index is 1.80. The van der Waals surface area contributed by atoms with Crippen molar-refractivity contribution in [2.45, 2.75) is 32.4 Å². The molecule has 2 heterocycles. The zero-order valence-corrected chi connectivity index (χ0v) is 10.1. The van der Waals surface area contributed by atoms with Crippen LogP contribution in [-0.4, -0.2) is 39.9 Å². The maximum Gasteiger partial charge on any atom is 0.239 e. The number of nitrogens with zero attached hydrogens (tertiary/aromatic N) is 3. The van der Waals surface area contributed by atoms with Crippen LogP contribution >= 0.6 is 0 Å². The number of carbonyl (C=O) groups excluding carboxylic acids is 1. The minimum atomic E-state index is -0.150. The highest BCUT2D eigenvalue weighted by Crippen LogP contribution is 2.09. The molecule has 1 aromatic rings. The molecule has 17 heavy (non-hydrogen) atoms. The van der Waals surface area contributed by atoms with E-state index in [0.717, 1.165) is 31.6 Å². The minimum Gasteiger partial charge on any atom is -0.341 e. The van der Waals surface area contributed by atoms with Crippen molar-refractivity contribution in [3.8, 4) is 0 Å². The second kappa shape index (κ2) is 5.72. The van der Waals surface area contributed by atoms with E-state index in [1.807, 2.05) is 17.9 Å². The lowest BCUT2D eigenvalue weighted by molar-refractivity contribution is -0.131. The van der Waals surface area contributed by atoms with Gasteiger partial charge in [0.2, 0.25) is 5.91 Å². The van der Waals surface area contributed by atoms with Crippen molar-refractivity contribution < 1.29 is 4.79 Å². The molecule has 0 aliphatic carbocycles. The molecule has 1 N–H and O–H groups in total. The zero-order valence-electron chi connectivity index (χ0n) is 10.1. The molecule has 1 aliphatic rings. The summed E-state index contributed by atoms with van der Waals surface area (Å²) in [5, 5.41) is 3.19. The van der Waals surface area contributed by atoms with Crippen LogP contribution in [0.25, 0.3) is 0 Å². The predicted octanol–water partition coefficient (Wildman–Crippen LogP) is 0.577. The molecule has 0 spiro atoms. The van der Waals surface area contributed by atoms with E-state index < -0.39 is 0 Å². The molecule has 92 valence electrons. The summed E-state index contributed by atoms with van der Waals surface area (Å²) in [5.41, 5.74) is 0.904. The van der Waals surface area contributed by atoms with Crippen molar-refractivity contribution >= 4 is 5.91 Å². The van der Waals surface area contributed by atoms with Gasteiger partial charge in [-0.2, -0.15) is 0 Å². The summed E-state index contributed by atoms with van der Waals surface area (Å²) in [6.45, 7) is 4.31. The van der Waals surface area contributed by atoms with E-state index in [1.165, 1.54) is 6.33 Å². The van der Waals surface area contributed by atoms with Gasteiger partial charge < -0.3 is 10.2 Å². The highest BCUT2D eigenvalue weighted by molar-refractivity contribution is 5.81. The van der Waals surface area contributed by atoms with Gasteiger partial charge in [0.15, 0.2) is 0 Å². The van der Waals surface area contributed by atoms with Gasteiger partial charge in [-0.25, -0.2) is 9.97 Å². The molecule has 0 aromatic carbocycles. The number of carbonyl (C=O) groups is 1. The highest BCUT2D eigenvalue weighted by Gasteiger charge is 2.22. The Bertz CT molecular complexity index is 362. The van der Waals surface area contributed by atoms with Crippen molar-refractivity contribution in [3.63, 3.8) is 0 Å². The fraction of sp³-hybridized carbons (Fsp3) is 0.583. The summed E-state index contributed by atoms with van der Waals surface area (Å²) in [6.07, 6.45) is 5.48. The molecule has 1 unspecified atom stereocenters. The summed E-state index contributed by atoms with van der Waals surface area (Å²) < 4.78 is 0. The number of hydrogen-bond acceptors (Lipinski definition) is 4. The summed E-state index contributed by atoms with van der Waals surface area (Å²) in [5.74, 6) is 0.191. The molecule has 1 fully saturated rings. The van der Waals surface area contributed by atoms with E-state index in [4.69, 9.17) is 0 Å². The van der Waals surface area contributed by atoms with E-state index in [9.17, 15) is 4.79 Å². The third-order valence-corrected chi connectivity index (χ3v) is 3.02. The largest absolute Gasteiger partial charge is 0.341 e. The number of likely N-dealkylation sites (tertiary alicyclic amines) is 1. The van der Waals surface area contributed by atoms with Gasteiger partial charge in [-0.05, 0) is 25.8 Å². The molecule has 1 aliphatic heterocycles. The van der Waals surface area contributed by atoms with Gasteiger partial charge >= 0.3 is 0 Å². The molecule has 1 amide bonds. The van der Waals surface area contributed by atoms with Crippen molar-refractivity contribution in [1.29, 1.82) is 0 Å². The molecular weight excluding hydrogens is 216 g/mol. The van der Waals surface area contributed by atoms with Crippen LogP contribution < -0.4 is 5.32 Å². The topological polar surface area (TPSA) is 58.1 Å². The molecule has 1 aromatic heterocycles. The minimum absolute atomic E-state index is 0.150. The lowest BCUT2D eigenvalue weighted by Gasteiger charge is -2.20. The number of hydrogen-bond donors (Lipinski definition) is 1. The van der Waals surface area contributed by atoms with Gasteiger partial charge in [-0.3, -0.25) is 4.79 Å². The number of aromatic nitrogens is 2. The van der Waals surface area contributed by atoms with Crippen LogP contribution in [0.15, 0.2) is 18.6 Å². The Morgan fingerprint density at radius 2 is 2.29 bits per heavy atom. The van der Waals surface area contributed by atoms with E-state index >= 15 is 0 Å². The second-order valence-electron chi connectivity index (χ2n) is 4.34. The van der Waals surface area contributed by atoms with Crippen LogP contribution in [0.5, 0.6) is 0 Å². The van der Waals surface area contributed by atoms with Crippen molar-refractivity contribution in [1.82, 2.24) is 20.2 Å². The van der Waals surface area contributed by atoms with Crippen LogP contribution in [0.4, 0.5) is 0 Å². The lowest BCUT2D eigenvalue weighted by Crippen LogP contribution is -2.43. The molecule has 0 radical (unpaired) electrons. The number of nitrogens with one attached hydrogen (secondary N) is 1. The van der Waals surface area contributed by atoms with E-state index in [-0.39, 0.29) is 11.9 Å². The second-order valence-corrected chi connectivity index (χ2v) is 4.34. The molecule has 1 saturated heterocycles. The Morgan fingerprint density at radius 3 is 2.94 bits per heavy atom. The molecular formula is C12H18N4O. The first-order valence-corrected chi connectivity index (χ1v) is 6.04. The average Bonchev–Trinajstić information content (AvgIpc) is 2.90. The third-order valence-electron chi connectivity index (χ3n) is 3.02. The average molecular weight is 234 g/mol. The first kappa shape index (κ1) is 12.0. The molecule has 0 bridgehead atoms. The van der Waals surface area contributed by atoms with Gasteiger partial charge in [0.25, 0.3) is 0 Å². The standard InChI is InChI=1S/C12H18N4O/c1-10(12(17)16-6-2-3-7-16)14-8-11-4-5-13-9-15-11/h4-5,9-10,14H,2-3,6-8H2,1H3. The maximum absolute atomic E-state index is 12.0. The smallest absolute Gasteiger partial charge is 0.239 e.